The highest BCUT2D eigenvalue weighted by Gasteiger charge is 2.22. The molecule has 168 valence electrons. The van der Waals surface area contributed by atoms with E-state index in [1.807, 2.05) is 48.5 Å². The second kappa shape index (κ2) is 9.05. The number of hydrogen-bond acceptors (Lipinski definition) is 6. The zero-order valence-corrected chi connectivity index (χ0v) is 18.1. The first-order valence-electron chi connectivity index (χ1n) is 10.7. The molecule has 0 saturated carbocycles. The van der Waals surface area contributed by atoms with Gasteiger partial charge in [-0.1, -0.05) is 12.1 Å². The number of hydrazine groups is 1. The summed E-state index contributed by atoms with van der Waals surface area (Å²) in [6.07, 6.45) is 6.36. The van der Waals surface area contributed by atoms with Crippen LogP contribution in [0.3, 0.4) is 0 Å². The molecule has 5 rings (SSSR count). The van der Waals surface area contributed by atoms with Crippen molar-refractivity contribution in [1.82, 2.24) is 30.7 Å². The minimum atomic E-state index is -0.571. The van der Waals surface area contributed by atoms with Gasteiger partial charge in [-0.05, 0) is 55.8 Å². The van der Waals surface area contributed by atoms with Crippen LogP contribution in [0.2, 0.25) is 0 Å². The summed E-state index contributed by atoms with van der Waals surface area (Å²) in [5.41, 5.74) is 7.92. The lowest BCUT2D eigenvalue weighted by Crippen LogP contribution is -2.32. The van der Waals surface area contributed by atoms with Crippen molar-refractivity contribution in [1.29, 1.82) is 0 Å². The number of pyridine rings is 1. The van der Waals surface area contributed by atoms with Crippen molar-refractivity contribution >= 4 is 11.4 Å². The lowest BCUT2D eigenvalue weighted by atomic mass is 10.1. The van der Waals surface area contributed by atoms with Gasteiger partial charge in [0.05, 0.1) is 23.6 Å². The maximum Gasteiger partial charge on any atom is 0.143 e. The van der Waals surface area contributed by atoms with Gasteiger partial charge in [-0.3, -0.25) is 9.99 Å². The van der Waals surface area contributed by atoms with E-state index >= 15 is 0 Å². The van der Waals surface area contributed by atoms with Crippen LogP contribution in [0.15, 0.2) is 59.7 Å². The van der Waals surface area contributed by atoms with E-state index in [1.54, 1.807) is 0 Å². The first-order chi connectivity index (χ1) is 16.1. The summed E-state index contributed by atoms with van der Waals surface area (Å²) in [5, 5.41) is 5.16. The normalized spacial score (nSPS) is 14.9. The molecule has 0 fully saturated rings. The molecule has 0 atom stereocenters. The Labute approximate surface area is 190 Å². The number of benzene rings is 1. The van der Waals surface area contributed by atoms with Gasteiger partial charge in [-0.15, -0.1) is 0 Å². The topological polar surface area (TPSA) is 81.2 Å². The monoisotopic (exact) mass is 447 g/mol. The van der Waals surface area contributed by atoms with E-state index < -0.39 is 11.6 Å². The molecule has 0 saturated heterocycles. The number of nitrogens with zero attached hydrogens (tertiary/aromatic N) is 4. The van der Waals surface area contributed by atoms with E-state index in [0.717, 1.165) is 46.1 Å². The number of imidazole rings is 1. The average molecular weight is 447 g/mol. The molecule has 4 heterocycles. The highest BCUT2D eigenvalue weighted by Crippen LogP contribution is 2.29. The largest absolute Gasteiger partial charge is 0.339 e. The summed E-state index contributed by atoms with van der Waals surface area (Å²) >= 11 is 0. The van der Waals surface area contributed by atoms with Crippen molar-refractivity contribution in [3.8, 4) is 11.4 Å². The van der Waals surface area contributed by atoms with E-state index in [0.29, 0.717) is 31.7 Å². The third kappa shape index (κ3) is 4.59. The third-order valence-electron chi connectivity index (χ3n) is 5.46. The van der Waals surface area contributed by atoms with Crippen LogP contribution in [-0.4, -0.2) is 39.0 Å². The molecule has 0 amide bonds. The van der Waals surface area contributed by atoms with Crippen molar-refractivity contribution in [2.24, 2.45) is 4.99 Å². The minimum Gasteiger partial charge on any atom is -0.339 e. The van der Waals surface area contributed by atoms with Crippen LogP contribution >= 0.6 is 0 Å². The van der Waals surface area contributed by atoms with Gasteiger partial charge in [0, 0.05) is 23.5 Å². The third-order valence-corrected chi connectivity index (χ3v) is 5.46. The zero-order valence-electron chi connectivity index (χ0n) is 18.1. The number of allylic oxidation sites excluding steroid dienone is 2. The second-order valence-electron chi connectivity index (χ2n) is 7.85. The Bertz CT molecular complexity index is 1280. The quantitative estimate of drug-likeness (QED) is 0.483. The van der Waals surface area contributed by atoms with Gasteiger partial charge in [0.15, 0.2) is 0 Å². The molecule has 1 aromatic carbocycles. The molecule has 0 radical (unpaired) electrons. The molecule has 0 spiro atoms. The molecule has 7 nitrogen and oxygen atoms in total. The number of aliphatic imine (C=N–C) groups is 1. The molecule has 0 bridgehead atoms. The predicted octanol–water partition coefficient (Wildman–Crippen LogP) is 3.48. The number of rotatable bonds is 7. The summed E-state index contributed by atoms with van der Waals surface area (Å²) in [7, 11) is 0. The molecule has 2 aliphatic heterocycles. The van der Waals surface area contributed by atoms with E-state index in [4.69, 9.17) is 4.98 Å². The summed E-state index contributed by atoms with van der Waals surface area (Å²) in [6, 6.07) is 9.53. The minimum absolute atomic E-state index is 0.447. The summed E-state index contributed by atoms with van der Waals surface area (Å²) in [6.45, 7) is 3.48. The smallest absolute Gasteiger partial charge is 0.143 e. The van der Waals surface area contributed by atoms with Gasteiger partial charge >= 0.3 is 0 Å². The fourth-order valence-corrected chi connectivity index (χ4v) is 3.82. The van der Waals surface area contributed by atoms with Crippen LogP contribution < -0.4 is 10.7 Å². The molecule has 0 aliphatic carbocycles. The summed E-state index contributed by atoms with van der Waals surface area (Å²) < 4.78 is 26.9. The van der Waals surface area contributed by atoms with Crippen molar-refractivity contribution < 1.29 is 8.78 Å². The SMILES string of the molecule is Cc1cccc(-c2[nH]c(CNCCc3ccc(F)cc3F)nc2C2=CN3NCN=C3C=C2)n1. The van der Waals surface area contributed by atoms with Crippen LogP contribution in [0.25, 0.3) is 17.0 Å². The van der Waals surface area contributed by atoms with Gasteiger partial charge in [-0.25, -0.2) is 24.2 Å². The van der Waals surface area contributed by atoms with E-state index in [-0.39, 0.29) is 0 Å². The van der Waals surface area contributed by atoms with Gasteiger partial charge < -0.3 is 10.3 Å². The van der Waals surface area contributed by atoms with Crippen LogP contribution in [-0.2, 0) is 13.0 Å². The molecule has 2 aliphatic rings. The fourth-order valence-electron chi connectivity index (χ4n) is 3.82. The highest BCUT2D eigenvalue weighted by molar-refractivity contribution is 6.00. The predicted molar refractivity (Wildman–Crippen MR) is 123 cm³/mol. The number of aromatic amines is 1. The van der Waals surface area contributed by atoms with Gasteiger partial charge in [0.1, 0.15) is 30.0 Å². The number of halogens is 2. The molecule has 2 aromatic heterocycles. The van der Waals surface area contributed by atoms with Crippen LogP contribution in [0.5, 0.6) is 0 Å². The Hall–Kier alpha value is -3.69. The van der Waals surface area contributed by atoms with Crippen LogP contribution in [0.4, 0.5) is 8.78 Å². The maximum atomic E-state index is 13.9. The summed E-state index contributed by atoms with van der Waals surface area (Å²) in [5.74, 6) is 0.503. The van der Waals surface area contributed by atoms with Crippen molar-refractivity contribution in [2.45, 2.75) is 19.9 Å². The number of hydrogen-bond donors (Lipinski definition) is 3. The molecule has 3 aromatic rings. The fraction of sp³-hybridized carbons (Fsp3) is 0.208. The number of amidine groups is 1. The zero-order chi connectivity index (χ0) is 22.8. The summed E-state index contributed by atoms with van der Waals surface area (Å²) in [4.78, 5) is 17.3. The van der Waals surface area contributed by atoms with Crippen LogP contribution in [0.1, 0.15) is 22.8 Å². The number of H-pyrrole nitrogens is 1. The van der Waals surface area contributed by atoms with Gasteiger partial charge in [0.25, 0.3) is 0 Å². The lowest BCUT2D eigenvalue weighted by molar-refractivity contribution is 0.454. The Morgan fingerprint density at radius 2 is 2.03 bits per heavy atom. The molecule has 33 heavy (non-hydrogen) atoms. The molecule has 0 unspecified atom stereocenters. The van der Waals surface area contributed by atoms with E-state index in [9.17, 15) is 8.78 Å². The Balaban J connectivity index is 1.35. The number of aromatic nitrogens is 3. The first-order valence-corrected chi connectivity index (χ1v) is 10.7. The highest BCUT2D eigenvalue weighted by atomic mass is 19.1. The van der Waals surface area contributed by atoms with Crippen molar-refractivity contribution in [3.05, 3.63) is 89.2 Å². The average Bonchev–Trinajstić information content (AvgIpc) is 3.44. The number of nitrogens with one attached hydrogen (secondary N) is 3. The van der Waals surface area contributed by atoms with Gasteiger partial charge in [0.2, 0.25) is 0 Å². The van der Waals surface area contributed by atoms with Gasteiger partial charge in [-0.2, -0.15) is 0 Å². The van der Waals surface area contributed by atoms with Crippen LogP contribution in [0, 0.1) is 18.6 Å². The first kappa shape index (κ1) is 21.2. The second-order valence-corrected chi connectivity index (χ2v) is 7.85. The van der Waals surface area contributed by atoms with Crippen molar-refractivity contribution in [3.63, 3.8) is 0 Å². The Kier molecular flexibility index (Phi) is 5.80. The molecular weight excluding hydrogens is 424 g/mol. The molecular formula is C24H23F2N7. The standard InChI is InChI=1S/C24H23F2N7/c1-15-3-2-4-20(30-15)24-23(17-6-8-22-28-14-29-33(22)13-17)31-21(32-24)12-27-10-9-16-5-7-18(25)11-19(16)26/h2-8,11,13,27,29H,9-10,12,14H2,1H3,(H,31,32). The molecule has 9 heteroatoms. The van der Waals surface area contributed by atoms with E-state index in [2.05, 4.69) is 25.7 Å². The number of aryl methyl sites for hydroxylation is 1. The van der Waals surface area contributed by atoms with Crippen molar-refractivity contribution in [2.75, 3.05) is 13.2 Å². The molecule has 3 N–H and O–H groups in total. The van der Waals surface area contributed by atoms with E-state index in [1.165, 1.54) is 12.1 Å². The Morgan fingerprint density at radius 1 is 1.12 bits per heavy atom. The maximum absolute atomic E-state index is 13.9. The Morgan fingerprint density at radius 3 is 2.88 bits per heavy atom. The lowest BCUT2D eigenvalue weighted by Gasteiger charge is -2.18. The number of fused-ring (bicyclic) bond motifs is 1.